The standard InChI is InChI=1S/C26H31N3O2/c1-2-5-18-8-12-21(13-9-18)28-16-19-10-14-24(23-7-4-3-6-22(19)23)31-25-15-11-20(17-29-25)26(27)30/h3-4,6-7,10-11,14-15,17-18,21,28H,2,5,8-9,12-13,16H2,1H3,(H2,27,30)/t18-,21+. The van der Waals surface area contributed by atoms with Crippen LogP contribution in [0.2, 0.25) is 0 Å². The van der Waals surface area contributed by atoms with Crippen molar-refractivity contribution >= 4 is 16.7 Å². The molecular formula is C26H31N3O2. The second-order valence-electron chi connectivity index (χ2n) is 8.51. The van der Waals surface area contributed by atoms with E-state index in [1.807, 2.05) is 12.1 Å². The van der Waals surface area contributed by atoms with E-state index >= 15 is 0 Å². The third kappa shape index (κ3) is 5.23. The van der Waals surface area contributed by atoms with Gasteiger partial charge in [-0.05, 0) is 54.7 Å². The first-order valence-corrected chi connectivity index (χ1v) is 11.3. The maximum atomic E-state index is 11.2. The predicted molar refractivity (Wildman–Crippen MR) is 124 cm³/mol. The largest absolute Gasteiger partial charge is 0.438 e. The first kappa shape index (κ1) is 21.3. The molecule has 1 fully saturated rings. The number of amides is 1. The van der Waals surface area contributed by atoms with E-state index in [1.54, 1.807) is 12.1 Å². The highest BCUT2D eigenvalue weighted by Gasteiger charge is 2.20. The minimum absolute atomic E-state index is 0.363. The number of benzene rings is 2. The highest BCUT2D eigenvalue weighted by molar-refractivity contribution is 5.92. The summed E-state index contributed by atoms with van der Waals surface area (Å²) in [5, 5.41) is 6.01. The van der Waals surface area contributed by atoms with Crippen molar-refractivity contribution in [2.75, 3.05) is 0 Å². The molecule has 0 saturated heterocycles. The lowest BCUT2D eigenvalue weighted by atomic mass is 9.83. The van der Waals surface area contributed by atoms with Crippen LogP contribution in [0.1, 0.15) is 61.4 Å². The molecule has 1 heterocycles. The van der Waals surface area contributed by atoms with Gasteiger partial charge in [0.1, 0.15) is 5.75 Å². The predicted octanol–water partition coefficient (Wildman–Crippen LogP) is 5.57. The topological polar surface area (TPSA) is 77.2 Å². The average molecular weight is 418 g/mol. The zero-order chi connectivity index (χ0) is 21.6. The van der Waals surface area contributed by atoms with Crippen molar-refractivity contribution in [1.29, 1.82) is 0 Å². The van der Waals surface area contributed by atoms with Crippen LogP contribution in [0.15, 0.2) is 54.7 Å². The highest BCUT2D eigenvalue weighted by Crippen LogP contribution is 2.32. The number of pyridine rings is 1. The molecule has 1 amide bonds. The number of nitrogens with one attached hydrogen (secondary N) is 1. The normalized spacial score (nSPS) is 18.7. The maximum Gasteiger partial charge on any atom is 0.250 e. The Hall–Kier alpha value is -2.92. The van der Waals surface area contributed by atoms with Gasteiger partial charge in [-0.15, -0.1) is 0 Å². The first-order chi connectivity index (χ1) is 15.1. The van der Waals surface area contributed by atoms with Crippen molar-refractivity contribution in [2.45, 2.75) is 58.0 Å². The first-order valence-electron chi connectivity index (χ1n) is 11.3. The molecule has 162 valence electrons. The molecule has 0 atom stereocenters. The summed E-state index contributed by atoms with van der Waals surface area (Å²) in [5.41, 5.74) is 6.92. The van der Waals surface area contributed by atoms with E-state index in [2.05, 4.69) is 41.5 Å². The number of hydrogen-bond acceptors (Lipinski definition) is 4. The summed E-state index contributed by atoms with van der Waals surface area (Å²) in [4.78, 5) is 15.4. The van der Waals surface area contributed by atoms with E-state index in [-0.39, 0.29) is 0 Å². The van der Waals surface area contributed by atoms with Crippen LogP contribution < -0.4 is 15.8 Å². The van der Waals surface area contributed by atoms with Crippen LogP contribution in [-0.2, 0) is 6.54 Å². The molecule has 31 heavy (non-hydrogen) atoms. The van der Waals surface area contributed by atoms with Crippen LogP contribution in [0.25, 0.3) is 10.8 Å². The molecule has 0 bridgehead atoms. The molecule has 1 aromatic heterocycles. The van der Waals surface area contributed by atoms with Gasteiger partial charge in [-0.1, -0.05) is 50.1 Å². The molecule has 3 aromatic rings. The Morgan fingerprint density at radius 1 is 1.06 bits per heavy atom. The van der Waals surface area contributed by atoms with Gasteiger partial charge in [-0.25, -0.2) is 4.98 Å². The van der Waals surface area contributed by atoms with Crippen molar-refractivity contribution in [2.24, 2.45) is 11.7 Å². The molecule has 1 aliphatic rings. The lowest BCUT2D eigenvalue weighted by Crippen LogP contribution is -2.32. The van der Waals surface area contributed by atoms with Crippen molar-refractivity contribution in [3.63, 3.8) is 0 Å². The second kappa shape index (κ2) is 9.92. The summed E-state index contributed by atoms with van der Waals surface area (Å²) in [6.07, 6.45) is 9.36. The van der Waals surface area contributed by atoms with E-state index in [9.17, 15) is 4.79 Å². The van der Waals surface area contributed by atoms with Gasteiger partial charge in [0.25, 0.3) is 0 Å². The molecule has 2 aromatic carbocycles. The fourth-order valence-electron chi connectivity index (χ4n) is 4.59. The SMILES string of the molecule is CCC[C@H]1CC[C@@H](NCc2ccc(Oc3ccc(C(N)=O)cn3)c3ccccc23)CC1. The smallest absolute Gasteiger partial charge is 0.250 e. The van der Waals surface area contributed by atoms with E-state index in [4.69, 9.17) is 10.5 Å². The molecule has 0 unspecified atom stereocenters. The Morgan fingerprint density at radius 2 is 1.84 bits per heavy atom. The van der Waals surface area contributed by atoms with Gasteiger partial charge in [0.15, 0.2) is 0 Å². The molecule has 1 saturated carbocycles. The van der Waals surface area contributed by atoms with E-state index in [1.165, 1.54) is 55.7 Å². The molecule has 4 rings (SSSR count). The molecular weight excluding hydrogens is 386 g/mol. The van der Waals surface area contributed by atoms with Crippen LogP contribution in [0.5, 0.6) is 11.6 Å². The van der Waals surface area contributed by atoms with Gasteiger partial charge < -0.3 is 15.8 Å². The summed E-state index contributed by atoms with van der Waals surface area (Å²) < 4.78 is 6.03. The number of primary amides is 1. The second-order valence-corrected chi connectivity index (χ2v) is 8.51. The Balaban J connectivity index is 1.46. The molecule has 0 radical (unpaired) electrons. The summed E-state index contributed by atoms with van der Waals surface area (Å²) in [7, 11) is 0. The maximum absolute atomic E-state index is 11.2. The summed E-state index contributed by atoms with van der Waals surface area (Å²) in [6, 6.07) is 16.3. The number of aromatic nitrogens is 1. The molecule has 1 aliphatic carbocycles. The Bertz CT molecular complexity index is 1020. The minimum Gasteiger partial charge on any atom is -0.438 e. The fraction of sp³-hybridized carbons (Fsp3) is 0.385. The molecule has 0 spiro atoms. The number of carbonyl (C=O) groups is 1. The van der Waals surface area contributed by atoms with Gasteiger partial charge in [0.2, 0.25) is 11.8 Å². The number of hydrogen-bond donors (Lipinski definition) is 2. The van der Waals surface area contributed by atoms with Crippen LogP contribution in [-0.4, -0.2) is 16.9 Å². The van der Waals surface area contributed by atoms with Crippen molar-refractivity contribution < 1.29 is 9.53 Å². The third-order valence-corrected chi connectivity index (χ3v) is 6.33. The number of ether oxygens (including phenoxy) is 1. The average Bonchev–Trinajstić information content (AvgIpc) is 2.80. The number of carbonyl (C=O) groups excluding carboxylic acids is 1. The molecule has 0 aliphatic heterocycles. The van der Waals surface area contributed by atoms with Gasteiger partial charge in [-0.2, -0.15) is 0 Å². The zero-order valence-corrected chi connectivity index (χ0v) is 18.1. The summed E-state index contributed by atoms with van der Waals surface area (Å²) >= 11 is 0. The Labute approximate surface area is 184 Å². The number of nitrogens with zero attached hydrogens (tertiary/aromatic N) is 1. The Morgan fingerprint density at radius 3 is 2.52 bits per heavy atom. The highest BCUT2D eigenvalue weighted by atomic mass is 16.5. The van der Waals surface area contributed by atoms with Gasteiger partial charge in [-0.3, -0.25) is 4.79 Å². The van der Waals surface area contributed by atoms with E-state index < -0.39 is 5.91 Å². The quantitative estimate of drug-likeness (QED) is 0.502. The van der Waals surface area contributed by atoms with Crippen LogP contribution >= 0.6 is 0 Å². The van der Waals surface area contributed by atoms with Crippen molar-refractivity contribution in [3.8, 4) is 11.6 Å². The number of nitrogens with two attached hydrogens (primary N) is 1. The molecule has 5 nitrogen and oxygen atoms in total. The molecule has 3 N–H and O–H groups in total. The zero-order valence-electron chi connectivity index (χ0n) is 18.1. The summed E-state index contributed by atoms with van der Waals surface area (Å²) in [6.45, 7) is 3.14. The van der Waals surface area contributed by atoms with Crippen molar-refractivity contribution in [1.82, 2.24) is 10.3 Å². The van der Waals surface area contributed by atoms with Gasteiger partial charge in [0.05, 0.1) is 5.56 Å². The van der Waals surface area contributed by atoms with Crippen LogP contribution in [0, 0.1) is 5.92 Å². The lowest BCUT2D eigenvalue weighted by molar-refractivity contribution is 0.1000. The molecule has 5 heteroatoms. The number of rotatable bonds is 8. The van der Waals surface area contributed by atoms with Crippen LogP contribution in [0.3, 0.4) is 0 Å². The van der Waals surface area contributed by atoms with Crippen molar-refractivity contribution in [3.05, 3.63) is 65.9 Å². The lowest BCUT2D eigenvalue weighted by Gasteiger charge is -2.29. The summed E-state index contributed by atoms with van der Waals surface area (Å²) in [5.74, 6) is 1.61. The van der Waals surface area contributed by atoms with E-state index in [0.29, 0.717) is 17.5 Å². The van der Waals surface area contributed by atoms with Crippen LogP contribution in [0.4, 0.5) is 0 Å². The minimum atomic E-state index is -0.500. The van der Waals surface area contributed by atoms with Gasteiger partial charge >= 0.3 is 0 Å². The van der Waals surface area contributed by atoms with E-state index in [0.717, 1.165) is 23.6 Å². The monoisotopic (exact) mass is 417 g/mol. The number of fused-ring (bicyclic) bond motifs is 1. The Kier molecular flexibility index (Phi) is 6.82. The van der Waals surface area contributed by atoms with Gasteiger partial charge in [0, 0.05) is 30.2 Å². The fourth-order valence-corrected chi connectivity index (χ4v) is 4.59. The third-order valence-electron chi connectivity index (χ3n) is 6.33.